The van der Waals surface area contributed by atoms with E-state index < -0.39 is 37.8 Å². The first-order chi connectivity index (χ1) is 9.79. The first-order valence-corrected chi connectivity index (χ1v) is 5.87. The molecule has 21 heavy (non-hydrogen) atoms. The van der Waals surface area contributed by atoms with Crippen LogP contribution in [0.25, 0.3) is 0 Å². The molecule has 0 aromatic carbocycles. The van der Waals surface area contributed by atoms with Crippen molar-refractivity contribution in [3.63, 3.8) is 0 Å². The fraction of sp³-hybridized carbons (Fsp3) is 0.364. The Morgan fingerprint density at radius 1 is 1.33 bits per heavy atom. The van der Waals surface area contributed by atoms with Gasteiger partial charge in [-0.25, -0.2) is 0 Å². The van der Waals surface area contributed by atoms with Crippen LogP contribution in [0.4, 0.5) is 13.2 Å². The minimum atomic E-state index is -4.86. The number of rotatable bonds is 1. The minimum absolute atomic E-state index is 0.0321. The Morgan fingerprint density at radius 2 is 2.05 bits per heavy atom. The van der Waals surface area contributed by atoms with Crippen LogP contribution in [0, 0.1) is 0 Å². The molecule has 2 heterocycles. The molecule has 6 nitrogen and oxygen atoms in total. The molecule has 2 rings (SSSR count). The molecule has 1 aromatic heterocycles. The molecular weight excluding hydrogens is 292 g/mol. The lowest BCUT2D eigenvalue weighted by molar-refractivity contribution is -0.198. The van der Waals surface area contributed by atoms with E-state index in [0.29, 0.717) is 4.90 Å². The van der Waals surface area contributed by atoms with Gasteiger partial charge in [0.1, 0.15) is 5.59 Å². The molecular formula is C11H10BF3N2O4. The smallest absolute Gasteiger partial charge is 0.493 e. The number of aromatic nitrogens is 1. The molecule has 0 saturated carbocycles. The van der Waals surface area contributed by atoms with E-state index in [9.17, 15) is 22.8 Å². The Hall–Kier alpha value is -2.10. The summed E-state index contributed by atoms with van der Waals surface area (Å²) in [5, 5.41) is 0. The summed E-state index contributed by atoms with van der Waals surface area (Å²) in [6.07, 6.45) is -3.53. The number of alkyl halides is 3. The molecule has 1 saturated heterocycles. The van der Waals surface area contributed by atoms with Gasteiger partial charge >= 0.3 is 25.2 Å². The average molecular weight is 302 g/mol. The third kappa shape index (κ3) is 3.51. The molecule has 1 aliphatic rings. The SMILES string of the molecule is CN1CC(=O)OB(c2ccccn2)OC(=O)C1C(F)(F)F. The van der Waals surface area contributed by atoms with E-state index in [1.54, 1.807) is 6.07 Å². The highest BCUT2D eigenvalue weighted by Crippen LogP contribution is 2.26. The van der Waals surface area contributed by atoms with Gasteiger partial charge in [0.05, 0.1) is 6.54 Å². The molecule has 0 spiro atoms. The molecule has 10 heteroatoms. The summed E-state index contributed by atoms with van der Waals surface area (Å²) in [5.74, 6) is -2.50. The van der Waals surface area contributed by atoms with Gasteiger partial charge in [-0.05, 0) is 19.2 Å². The molecule has 1 atom stereocenters. The van der Waals surface area contributed by atoms with E-state index in [1.807, 2.05) is 0 Å². The second-order valence-corrected chi connectivity index (χ2v) is 4.37. The Labute approximate surface area is 118 Å². The first kappa shape index (κ1) is 15.3. The maximum Gasteiger partial charge on any atom is 0.656 e. The van der Waals surface area contributed by atoms with Gasteiger partial charge in [0.2, 0.25) is 6.04 Å². The van der Waals surface area contributed by atoms with Crippen LogP contribution in [0.5, 0.6) is 0 Å². The summed E-state index contributed by atoms with van der Waals surface area (Å²) in [6, 6.07) is 1.93. The Morgan fingerprint density at radius 3 is 2.62 bits per heavy atom. The van der Waals surface area contributed by atoms with E-state index >= 15 is 0 Å². The minimum Gasteiger partial charge on any atom is -0.493 e. The molecule has 0 aliphatic carbocycles. The van der Waals surface area contributed by atoms with Crippen LogP contribution in [0.1, 0.15) is 0 Å². The van der Waals surface area contributed by atoms with Crippen LogP contribution in [0.2, 0.25) is 0 Å². The highest BCUT2D eigenvalue weighted by atomic mass is 19.4. The topological polar surface area (TPSA) is 68.7 Å². The predicted octanol–water partition coefficient (Wildman–Crippen LogP) is -0.261. The summed E-state index contributed by atoms with van der Waals surface area (Å²) in [4.78, 5) is 27.6. The quantitative estimate of drug-likeness (QED) is 0.666. The van der Waals surface area contributed by atoms with Crippen molar-refractivity contribution in [2.45, 2.75) is 12.2 Å². The maximum atomic E-state index is 12.9. The first-order valence-electron chi connectivity index (χ1n) is 5.87. The van der Waals surface area contributed by atoms with Crippen molar-refractivity contribution < 1.29 is 32.1 Å². The number of nitrogens with zero attached hydrogens (tertiary/aromatic N) is 2. The molecule has 1 unspecified atom stereocenters. The highest BCUT2D eigenvalue weighted by Gasteiger charge is 2.52. The largest absolute Gasteiger partial charge is 0.656 e. The molecule has 0 bridgehead atoms. The fourth-order valence-electron chi connectivity index (χ4n) is 1.85. The van der Waals surface area contributed by atoms with Gasteiger partial charge in [0, 0.05) is 6.20 Å². The summed E-state index contributed by atoms with van der Waals surface area (Å²) in [7, 11) is -0.605. The monoisotopic (exact) mass is 302 g/mol. The zero-order valence-electron chi connectivity index (χ0n) is 10.8. The molecule has 112 valence electrons. The van der Waals surface area contributed by atoms with Gasteiger partial charge in [0.15, 0.2) is 0 Å². The molecule has 0 amide bonds. The van der Waals surface area contributed by atoms with Crippen molar-refractivity contribution in [3.8, 4) is 0 Å². The van der Waals surface area contributed by atoms with Crippen LogP contribution < -0.4 is 5.59 Å². The van der Waals surface area contributed by atoms with Crippen LogP contribution >= 0.6 is 0 Å². The number of hydrogen-bond acceptors (Lipinski definition) is 6. The standard InChI is InChI=1S/C11H10BF3N2O4/c1-17-6-8(18)20-12(7-4-2-3-5-16-7)21-10(19)9(17)11(13,14)15/h2-5,9H,6H2,1H3. The van der Waals surface area contributed by atoms with E-state index in [2.05, 4.69) is 9.64 Å². The van der Waals surface area contributed by atoms with E-state index in [4.69, 9.17) is 4.65 Å². The van der Waals surface area contributed by atoms with Crippen LogP contribution in [0.3, 0.4) is 0 Å². The van der Waals surface area contributed by atoms with Crippen molar-refractivity contribution in [2.75, 3.05) is 13.6 Å². The number of halogens is 3. The van der Waals surface area contributed by atoms with Gasteiger partial charge < -0.3 is 9.31 Å². The lowest BCUT2D eigenvalue weighted by atomic mass is 9.83. The number of likely N-dealkylation sites (N-methyl/N-ethyl adjacent to an activating group) is 1. The maximum absolute atomic E-state index is 12.9. The Balaban J connectivity index is 2.30. The number of pyridine rings is 1. The highest BCUT2D eigenvalue weighted by molar-refractivity contribution is 6.63. The normalized spacial score (nSPS) is 21.3. The van der Waals surface area contributed by atoms with E-state index in [0.717, 1.165) is 7.05 Å². The second-order valence-electron chi connectivity index (χ2n) is 4.37. The van der Waals surface area contributed by atoms with Crippen LogP contribution in [-0.2, 0) is 18.9 Å². The van der Waals surface area contributed by atoms with Gasteiger partial charge in [-0.1, -0.05) is 6.07 Å². The predicted molar refractivity (Wildman–Crippen MR) is 64.3 cm³/mol. The zero-order chi connectivity index (χ0) is 15.6. The number of hydrogen-bond donors (Lipinski definition) is 0. The summed E-state index contributed by atoms with van der Waals surface area (Å²) in [5.41, 5.74) is 0.0321. The molecule has 0 radical (unpaired) electrons. The van der Waals surface area contributed by atoms with Crippen LogP contribution in [0.15, 0.2) is 24.4 Å². The van der Waals surface area contributed by atoms with E-state index in [1.165, 1.54) is 18.3 Å². The van der Waals surface area contributed by atoms with Gasteiger partial charge in [-0.15, -0.1) is 0 Å². The molecule has 0 N–H and O–H groups in total. The van der Waals surface area contributed by atoms with Gasteiger partial charge in [-0.2, -0.15) is 13.2 Å². The van der Waals surface area contributed by atoms with Gasteiger partial charge in [-0.3, -0.25) is 19.5 Å². The molecule has 1 fully saturated rings. The summed E-state index contributed by atoms with van der Waals surface area (Å²) >= 11 is 0. The lowest BCUT2D eigenvalue weighted by Crippen LogP contribution is -2.57. The Kier molecular flexibility index (Phi) is 4.17. The number of carbonyl (C=O) groups excluding carboxylic acids is 2. The van der Waals surface area contributed by atoms with Crippen molar-refractivity contribution >= 4 is 24.7 Å². The van der Waals surface area contributed by atoms with E-state index in [-0.39, 0.29) is 5.59 Å². The van der Waals surface area contributed by atoms with Gasteiger partial charge in [0.25, 0.3) is 0 Å². The third-order valence-electron chi connectivity index (χ3n) is 2.74. The van der Waals surface area contributed by atoms with Crippen molar-refractivity contribution in [3.05, 3.63) is 24.4 Å². The van der Waals surface area contributed by atoms with Crippen molar-refractivity contribution in [1.29, 1.82) is 0 Å². The average Bonchev–Trinajstić information content (AvgIpc) is 2.35. The number of carbonyl (C=O) groups is 2. The zero-order valence-corrected chi connectivity index (χ0v) is 10.8. The Bertz CT molecular complexity index is 540. The van der Waals surface area contributed by atoms with Crippen molar-refractivity contribution in [2.24, 2.45) is 0 Å². The molecule has 1 aromatic rings. The van der Waals surface area contributed by atoms with Crippen LogP contribution in [-0.4, -0.2) is 54.8 Å². The molecule has 1 aliphatic heterocycles. The fourth-order valence-corrected chi connectivity index (χ4v) is 1.85. The van der Waals surface area contributed by atoms with Crippen molar-refractivity contribution in [1.82, 2.24) is 9.88 Å². The lowest BCUT2D eigenvalue weighted by Gasteiger charge is -2.30. The third-order valence-corrected chi connectivity index (χ3v) is 2.74. The second kappa shape index (κ2) is 5.72. The summed E-state index contributed by atoms with van der Waals surface area (Å²) in [6.45, 7) is -0.692. The summed E-state index contributed by atoms with van der Waals surface area (Å²) < 4.78 is 48.2.